The lowest BCUT2D eigenvalue weighted by Crippen LogP contribution is -2.42. The molecule has 0 bridgehead atoms. The molecule has 1 atom stereocenters. The summed E-state index contributed by atoms with van der Waals surface area (Å²) < 4.78 is 11.2. The van der Waals surface area contributed by atoms with Gasteiger partial charge in [0.15, 0.2) is 5.75 Å². The van der Waals surface area contributed by atoms with Crippen LogP contribution >= 0.6 is 0 Å². The molecule has 3 rings (SSSR count). The fourth-order valence-corrected chi connectivity index (χ4v) is 2.87. The lowest BCUT2D eigenvalue weighted by Gasteiger charge is -2.34. The molecule has 0 aromatic heterocycles. The predicted octanol–water partition coefficient (Wildman–Crippen LogP) is 4.16. The van der Waals surface area contributed by atoms with Crippen LogP contribution in [-0.4, -0.2) is 25.7 Å². The highest BCUT2D eigenvalue weighted by atomic mass is 16.5. The van der Waals surface area contributed by atoms with Crippen molar-refractivity contribution in [3.8, 4) is 11.5 Å². The Bertz CT molecular complexity index is 765. The minimum Gasteiger partial charge on any atom is -0.497 e. The maximum atomic E-state index is 13.0. The van der Waals surface area contributed by atoms with Crippen LogP contribution in [0.4, 0.5) is 5.69 Å². The van der Waals surface area contributed by atoms with Crippen molar-refractivity contribution in [2.75, 3.05) is 18.6 Å². The highest BCUT2D eigenvalue weighted by Crippen LogP contribution is 2.38. The molecule has 1 amide bonds. The molecule has 24 heavy (non-hydrogen) atoms. The first-order valence-corrected chi connectivity index (χ1v) is 8.02. The van der Waals surface area contributed by atoms with Gasteiger partial charge in [0, 0.05) is 11.1 Å². The number of amides is 1. The number of carbonyl (C=O) groups is 1. The summed E-state index contributed by atoms with van der Waals surface area (Å²) in [7, 11) is 1.61. The molecule has 0 saturated carbocycles. The van der Waals surface area contributed by atoms with Gasteiger partial charge in [-0.05, 0) is 44.2 Å². The summed E-state index contributed by atoms with van der Waals surface area (Å²) in [6, 6.07) is 13.0. The average molecular weight is 323 g/mol. The molecule has 0 saturated heterocycles. The van der Waals surface area contributed by atoms with Crippen LogP contribution in [0.2, 0.25) is 0 Å². The van der Waals surface area contributed by atoms with Crippen molar-refractivity contribution in [2.45, 2.75) is 20.0 Å². The Morgan fingerprint density at radius 2 is 2.00 bits per heavy atom. The predicted molar refractivity (Wildman–Crippen MR) is 95.9 cm³/mol. The molecule has 1 heterocycles. The van der Waals surface area contributed by atoms with E-state index < -0.39 is 0 Å². The largest absolute Gasteiger partial charge is 0.497 e. The van der Waals surface area contributed by atoms with Gasteiger partial charge in [-0.25, -0.2) is 0 Å². The van der Waals surface area contributed by atoms with E-state index >= 15 is 0 Å². The zero-order valence-electron chi connectivity index (χ0n) is 14.2. The molecule has 1 unspecified atom stereocenters. The summed E-state index contributed by atoms with van der Waals surface area (Å²) in [4.78, 5) is 14.8. The van der Waals surface area contributed by atoms with Crippen LogP contribution in [0, 0.1) is 0 Å². The second-order valence-corrected chi connectivity index (χ2v) is 5.77. The quantitative estimate of drug-likeness (QED) is 0.851. The van der Waals surface area contributed by atoms with Crippen molar-refractivity contribution in [1.29, 1.82) is 0 Å². The van der Waals surface area contributed by atoms with Gasteiger partial charge in [-0.3, -0.25) is 4.79 Å². The van der Waals surface area contributed by atoms with E-state index in [1.165, 1.54) is 0 Å². The van der Waals surface area contributed by atoms with Gasteiger partial charge in [-0.2, -0.15) is 0 Å². The molecule has 1 aliphatic rings. The number of para-hydroxylation sites is 1. The molecule has 2 aromatic carbocycles. The standard InChI is InChI=1S/C20H21NO3/c1-4-6-15-7-5-8-18-19(15)24-14(2)13-21(18)20(22)16-9-11-17(23-3)12-10-16/h4-12,14H,13H2,1-3H3. The Balaban J connectivity index is 2.00. The fourth-order valence-electron chi connectivity index (χ4n) is 2.87. The zero-order chi connectivity index (χ0) is 17.1. The van der Waals surface area contributed by atoms with E-state index in [9.17, 15) is 4.79 Å². The van der Waals surface area contributed by atoms with Gasteiger partial charge in [0.25, 0.3) is 5.91 Å². The van der Waals surface area contributed by atoms with Gasteiger partial charge in [0.05, 0.1) is 19.3 Å². The third-order valence-electron chi connectivity index (χ3n) is 4.00. The van der Waals surface area contributed by atoms with Crippen LogP contribution in [0.3, 0.4) is 0 Å². The van der Waals surface area contributed by atoms with E-state index in [-0.39, 0.29) is 12.0 Å². The number of benzene rings is 2. The highest BCUT2D eigenvalue weighted by Gasteiger charge is 2.29. The van der Waals surface area contributed by atoms with Gasteiger partial charge in [0.2, 0.25) is 0 Å². The summed E-state index contributed by atoms with van der Waals surface area (Å²) in [6.45, 7) is 4.47. The summed E-state index contributed by atoms with van der Waals surface area (Å²) in [6.07, 6.45) is 3.90. The van der Waals surface area contributed by atoms with Crippen molar-refractivity contribution >= 4 is 17.7 Å². The van der Waals surface area contributed by atoms with E-state index in [4.69, 9.17) is 9.47 Å². The molecule has 0 radical (unpaired) electrons. The third kappa shape index (κ3) is 3.00. The van der Waals surface area contributed by atoms with E-state index in [0.717, 1.165) is 22.7 Å². The molecule has 0 spiro atoms. The maximum Gasteiger partial charge on any atom is 0.258 e. The monoisotopic (exact) mass is 323 g/mol. The highest BCUT2D eigenvalue weighted by molar-refractivity contribution is 6.07. The van der Waals surface area contributed by atoms with E-state index in [2.05, 4.69) is 0 Å². The minimum atomic E-state index is -0.0638. The van der Waals surface area contributed by atoms with Crippen molar-refractivity contribution in [3.63, 3.8) is 0 Å². The maximum absolute atomic E-state index is 13.0. The van der Waals surface area contributed by atoms with Crippen LogP contribution in [0.15, 0.2) is 48.5 Å². The number of hydrogen-bond donors (Lipinski definition) is 0. The van der Waals surface area contributed by atoms with Crippen LogP contribution in [0.25, 0.3) is 6.08 Å². The number of nitrogens with zero attached hydrogens (tertiary/aromatic N) is 1. The molecule has 0 fully saturated rings. The van der Waals surface area contributed by atoms with Crippen LogP contribution in [0.1, 0.15) is 29.8 Å². The molecule has 0 N–H and O–H groups in total. The molecule has 4 heteroatoms. The number of rotatable bonds is 3. The molecular weight excluding hydrogens is 302 g/mol. The Labute approximate surface area is 142 Å². The van der Waals surface area contributed by atoms with E-state index in [0.29, 0.717) is 12.1 Å². The van der Waals surface area contributed by atoms with Crippen molar-refractivity contribution in [1.82, 2.24) is 0 Å². The number of methoxy groups -OCH3 is 1. The third-order valence-corrected chi connectivity index (χ3v) is 4.00. The summed E-state index contributed by atoms with van der Waals surface area (Å²) in [5.74, 6) is 1.46. The zero-order valence-corrected chi connectivity index (χ0v) is 14.2. The lowest BCUT2D eigenvalue weighted by molar-refractivity contribution is 0.0961. The van der Waals surface area contributed by atoms with Crippen LogP contribution < -0.4 is 14.4 Å². The normalized spacial score (nSPS) is 16.6. The van der Waals surface area contributed by atoms with E-state index in [1.807, 2.05) is 44.2 Å². The number of anilines is 1. The molecule has 2 aromatic rings. The molecule has 1 aliphatic heterocycles. The Morgan fingerprint density at radius 3 is 2.67 bits per heavy atom. The molecule has 0 aliphatic carbocycles. The van der Waals surface area contributed by atoms with E-state index in [1.54, 1.807) is 36.3 Å². The summed E-state index contributed by atoms with van der Waals surface area (Å²) >= 11 is 0. The first kappa shape index (κ1) is 16.1. The van der Waals surface area contributed by atoms with Crippen molar-refractivity contribution < 1.29 is 14.3 Å². The summed E-state index contributed by atoms with van der Waals surface area (Å²) in [5, 5.41) is 0. The van der Waals surface area contributed by atoms with Crippen molar-refractivity contribution in [3.05, 3.63) is 59.7 Å². The number of ether oxygens (including phenoxy) is 2. The van der Waals surface area contributed by atoms with Gasteiger partial charge >= 0.3 is 0 Å². The molecule has 124 valence electrons. The minimum absolute atomic E-state index is 0.0355. The van der Waals surface area contributed by atoms with Gasteiger partial charge in [0.1, 0.15) is 11.9 Å². The number of hydrogen-bond acceptors (Lipinski definition) is 3. The van der Waals surface area contributed by atoms with Crippen molar-refractivity contribution in [2.24, 2.45) is 0 Å². The van der Waals surface area contributed by atoms with Crippen LogP contribution in [0.5, 0.6) is 11.5 Å². The smallest absolute Gasteiger partial charge is 0.258 e. The first-order valence-electron chi connectivity index (χ1n) is 8.02. The number of allylic oxidation sites excluding steroid dienone is 1. The van der Waals surface area contributed by atoms with Gasteiger partial charge < -0.3 is 14.4 Å². The Morgan fingerprint density at radius 1 is 1.25 bits per heavy atom. The average Bonchev–Trinajstić information content (AvgIpc) is 2.61. The summed E-state index contributed by atoms with van der Waals surface area (Å²) in [5.41, 5.74) is 2.42. The van der Waals surface area contributed by atoms with Crippen LogP contribution in [-0.2, 0) is 0 Å². The second kappa shape index (κ2) is 6.79. The Kier molecular flexibility index (Phi) is 4.56. The lowest BCUT2D eigenvalue weighted by atomic mass is 10.1. The first-order chi connectivity index (χ1) is 11.6. The Hall–Kier alpha value is -2.75. The second-order valence-electron chi connectivity index (χ2n) is 5.77. The van der Waals surface area contributed by atoms with Gasteiger partial charge in [-0.15, -0.1) is 0 Å². The molecular formula is C20H21NO3. The molecule has 4 nitrogen and oxygen atoms in total. The SMILES string of the molecule is CC=Cc1cccc2c1OC(C)CN2C(=O)c1ccc(OC)cc1. The topological polar surface area (TPSA) is 38.8 Å². The number of carbonyl (C=O) groups excluding carboxylic acids is 1. The fraction of sp³-hybridized carbons (Fsp3) is 0.250. The number of fused-ring (bicyclic) bond motifs is 1. The van der Waals surface area contributed by atoms with Gasteiger partial charge in [-0.1, -0.05) is 24.3 Å².